The van der Waals surface area contributed by atoms with Gasteiger partial charge in [0.25, 0.3) is 5.91 Å². The summed E-state index contributed by atoms with van der Waals surface area (Å²) in [6.07, 6.45) is 4.00. The average Bonchev–Trinajstić information content (AvgIpc) is 2.68. The van der Waals surface area contributed by atoms with Crippen molar-refractivity contribution >= 4 is 41.7 Å². The number of nitrogens with one attached hydrogen (secondary N) is 1. The Kier molecular flexibility index (Phi) is 5.44. The summed E-state index contributed by atoms with van der Waals surface area (Å²) in [6, 6.07) is 0. The third kappa shape index (κ3) is 3.94. The number of nitrogens with zero attached hydrogens (tertiary/aromatic N) is 1. The predicted molar refractivity (Wildman–Crippen MR) is 97.3 cm³/mol. The van der Waals surface area contributed by atoms with Gasteiger partial charge in [-0.25, -0.2) is 0 Å². The summed E-state index contributed by atoms with van der Waals surface area (Å²) in [4.78, 5) is 13.1. The van der Waals surface area contributed by atoms with Crippen LogP contribution in [0.4, 0.5) is 0 Å². The maximum Gasteiger partial charge on any atom is 0.264 e. The van der Waals surface area contributed by atoms with Crippen LogP contribution in [0.2, 0.25) is 0 Å². The minimum absolute atomic E-state index is 0.241. The molecular formula is C14H22IN2O4P. The zero-order valence-corrected chi connectivity index (χ0v) is 15.8. The van der Waals surface area contributed by atoms with E-state index < -0.39 is 31.4 Å². The highest BCUT2D eigenvalue weighted by Crippen LogP contribution is 2.38. The summed E-state index contributed by atoms with van der Waals surface area (Å²) in [7, 11) is 0. The van der Waals surface area contributed by atoms with Gasteiger partial charge >= 0.3 is 0 Å². The van der Waals surface area contributed by atoms with Crippen LogP contribution in [0.15, 0.2) is 22.2 Å². The zero-order valence-electron chi connectivity index (χ0n) is 12.7. The lowest BCUT2D eigenvalue weighted by Gasteiger charge is -2.33. The Morgan fingerprint density at radius 2 is 2.09 bits per heavy atom. The standard InChI is InChI=1S/C14H22IN2O4P/c1-8-16-13(20)9(15)7-17(8)14-12(19)11(18)10(21-14)5-6-22(2,3)4/h7,10-12,14,18-19H,1-2,5-6H2,3-4H3,(H,16,20). The fraction of sp³-hybridized carbons (Fsp3) is 0.571. The van der Waals surface area contributed by atoms with Gasteiger partial charge in [0.15, 0.2) is 6.23 Å². The molecule has 0 aliphatic carbocycles. The number of hydrogen-bond acceptors (Lipinski definition) is 5. The summed E-state index contributed by atoms with van der Waals surface area (Å²) in [6.45, 7) is 6.78. The van der Waals surface area contributed by atoms with Crippen molar-refractivity contribution < 1.29 is 19.7 Å². The van der Waals surface area contributed by atoms with Gasteiger partial charge in [-0.15, -0.1) is 13.2 Å². The van der Waals surface area contributed by atoms with Crippen molar-refractivity contribution in [2.24, 2.45) is 0 Å². The minimum Gasteiger partial charge on any atom is -0.388 e. The van der Waals surface area contributed by atoms with Gasteiger partial charge in [-0.3, -0.25) is 4.79 Å². The van der Waals surface area contributed by atoms with Crippen molar-refractivity contribution in [3.05, 3.63) is 22.2 Å². The number of rotatable bonds is 4. The molecule has 3 N–H and O–H groups in total. The summed E-state index contributed by atoms with van der Waals surface area (Å²) < 4.78 is 6.29. The van der Waals surface area contributed by atoms with Crippen LogP contribution in [-0.2, 0) is 9.53 Å². The van der Waals surface area contributed by atoms with E-state index in [1.807, 2.05) is 22.6 Å². The van der Waals surface area contributed by atoms with E-state index in [9.17, 15) is 15.0 Å². The normalized spacial score (nSPS) is 33.0. The molecule has 6 nitrogen and oxygen atoms in total. The van der Waals surface area contributed by atoms with Crippen LogP contribution in [0.1, 0.15) is 6.42 Å². The molecule has 22 heavy (non-hydrogen) atoms. The Balaban J connectivity index is 2.11. The molecule has 4 atom stereocenters. The third-order valence-corrected chi connectivity index (χ3v) is 5.91. The van der Waals surface area contributed by atoms with E-state index in [2.05, 4.69) is 31.5 Å². The molecule has 1 saturated heterocycles. The van der Waals surface area contributed by atoms with E-state index in [1.165, 1.54) is 0 Å². The van der Waals surface area contributed by atoms with Crippen LogP contribution in [0.3, 0.4) is 0 Å². The second-order valence-corrected chi connectivity index (χ2v) is 11.8. The number of carbonyl (C=O) groups is 1. The van der Waals surface area contributed by atoms with Crippen molar-refractivity contribution in [1.82, 2.24) is 10.2 Å². The maximum atomic E-state index is 11.6. The fourth-order valence-electron chi connectivity index (χ4n) is 2.42. The molecule has 0 saturated carbocycles. The first-order chi connectivity index (χ1) is 10.1. The Morgan fingerprint density at radius 1 is 1.45 bits per heavy atom. The number of aliphatic hydroxyl groups excluding tert-OH is 2. The minimum atomic E-state index is -1.22. The average molecular weight is 440 g/mol. The summed E-state index contributed by atoms with van der Waals surface area (Å²) in [5, 5.41) is 23.1. The van der Waals surface area contributed by atoms with Crippen molar-refractivity contribution in [2.45, 2.75) is 31.0 Å². The van der Waals surface area contributed by atoms with Crippen molar-refractivity contribution in [3.8, 4) is 0 Å². The second kappa shape index (κ2) is 6.65. The summed E-state index contributed by atoms with van der Waals surface area (Å²) in [5.74, 6) is 0.0855. The van der Waals surface area contributed by atoms with Gasteiger partial charge in [0.1, 0.15) is 18.0 Å². The van der Waals surface area contributed by atoms with Gasteiger partial charge in [0.2, 0.25) is 0 Å². The largest absolute Gasteiger partial charge is 0.388 e. The van der Waals surface area contributed by atoms with Gasteiger partial charge in [-0.1, -0.05) is 6.58 Å². The van der Waals surface area contributed by atoms with E-state index in [0.717, 1.165) is 6.16 Å². The molecule has 4 unspecified atom stereocenters. The molecular weight excluding hydrogens is 418 g/mol. The lowest BCUT2D eigenvalue weighted by Crippen LogP contribution is -2.47. The Labute approximate surface area is 144 Å². The zero-order chi connectivity index (χ0) is 16.7. The molecule has 2 heterocycles. The van der Waals surface area contributed by atoms with Gasteiger partial charge < -0.3 is 25.2 Å². The van der Waals surface area contributed by atoms with Gasteiger partial charge in [0.05, 0.1) is 9.68 Å². The molecule has 8 heteroatoms. The smallest absolute Gasteiger partial charge is 0.264 e. The van der Waals surface area contributed by atoms with E-state index in [-0.39, 0.29) is 5.91 Å². The quantitative estimate of drug-likeness (QED) is 0.444. The number of aliphatic hydroxyl groups is 2. The number of carbonyl (C=O) groups excluding carboxylic acids is 1. The lowest BCUT2D eigenvalue weighted by atomic mass is 10.1. The van der Waals surface area contributed by atoms with Crippen molar-refractivity contribution in [1.29, 1.82) is 0 Å². The highest BCUT2D eigenvalue weighted by molar-refractivity contribution is 14.1. The van der Waals surface area contributed by atoms with E-state index in [4.69, 9.17) is 4.74 Å². The van der Waals surface area contributed by atoms with Gasteiger partial charge in [0, 0.05) is 6.20 Å². The van der Waals surface area contributed by atoms with Crippen LogP contribution >= 0.6 is 29.5 Å². The summed E-state index contributed by atoms with van der Waals surface area (Å²) >= 11 is 1.90. The molecule has 0 radical (unpaired) electrons. The molecule has 0 aromatic rings. The molecule has 0 bridgehead atoms. The highest BCUT2D eigenvalue weighted by Gasteiger charge is 2.46. The molecule has 0 aromatic carbocycles. The van der Waals surface area contributed by atoms with Crippen LogP contribution in [0, 0.1) is 0 Å². The molecule has 0 aromatic heterocycles. The molecule has 2 rings (SSSR count). The number of ether oxygens (including phenoxy) is 1. The van der Waals surface area contributed by atoms with E-state index in [1.54, 1.807) is 11.1 Å². The topological polar surface area (TPSA) is 82.0 Å². The Morgan fingerprint density at radius 3 is 2.68 bits per heavy atom. The second-order valence-electron chi connectivity index (χ2n) is 6.28. The van der Waals surface area contributed by atoms with E-state index >= 15 is 0 Å². The Bertz CT molecular complexity index is 559. The van der Waals surface area contributed by atoms with Crippen LogP contribution < -0.4 is 5.32 Å². The van der Waals surface area contributed by atoms with Gasteiger partial charge in [-0.05, 0) is 48.5 Å². The highest BCUT2D eigenvalue weighted by atomic mass is 127. The first kappa shape index (κ1) is 18.0. The first-order valence-electron chi connectivity index (χ1n) is 6.95. The summed E-state index contributed by atoms with van der Waals surface area (Å²) in [5.41, 5.74) is 0. The lowest BCUT2D eigenvalue weighted by molar-refractivity contribution is -0.118. The van der Waals surface area contributed by atoms with Gasteiger partial charge in [-0.2, -0.15) is 0 Å². The number of hydrogen-bond donors (Lipinski definition) is 3. The van der Waals surface area contributed by atoms with Crippen molar-refractivity contribution in [3.63, 3.8) is 0 Å². The van der Waals surface area contributed by atoms with Crippen LogP contribution in [0.25, 0.3) is 0 Å². The molecule has 1 amide bonds. The monoisotopic (exact) mass is 440 g/mol. The maximum absolute atomic E-state index is 11.6. The van der Waals surface area contributed by atoms with Crippen molar-refractivity contribution in [2.75, 3.05) is 19.5 Å². The number of halogens is 1. The molecule has 2 aliphatic heterocycles. The SMILES string of the molecule is C=C1NC(=O)C(I)=CN1C1OC(CCP(=C)(C)C)C(O)C1O. The fourth-order valence-corrected chi connectivity index (χ4v) is 3.80. The molecule has 2 aliphatic rings. The van der Waals surface area contributed by atoms with Crippen LogP contribution in [0.5, 0.6) is 0 Å². The molecule has 1 fully saturated rings. The molecule has 0 spiro atoms. The first-order valence-corrected chi connectivity index (χ1v) is 11.1. The Hall–Kier alpha value is -0.340. The van der Waals surface area contributed by atoms with E-state index in [0.29, 0.717) is 15.8 Å². The third-order valence-electron chi connectivity index (χ3n) is 3.67. The number of amides is 1. The predicted octanol–water partition coefficient (Wildman–Crippen LogP) is 0.712. The molecule has 124 valence electrons. The van der Waals surface area contributed by atoms with Crippen LogP contribution in [-0.4, -0.2) is 71.4 Å².